The second-order valence-electron chi connectivity index (χ2n) is 8.22. The van der Waals surface area contributed by atoms with Gasteiger partial charge in [-0.3, -0.25) is 24.5 Å². The number of carbonyl (C=O) groups excluding carboxylic acids is 4. The molecule has 2 heterocycles. The lowest BCUT2D eigenvalue weighted by Gasteiger charge is -2.29. The third-order valence-electron chi connectivity index (χ3n) is 5.99. The fraction of sp³-hybridized carbons (Fsp3) is 0.333. The van der Waals surface area contributed by atoms with Crippen LogP contribution in [0.5, 0.6) is 0 Å². The van der Waals surface area contributed by atoms with Crippen LogP contribution in [0.2, 0.25) is 0 Å². The van der Waals surface area contributed by atoms with Gasteiger partial charge in [0.1, 0.15) is 11.9 Å². The summed E-state index contributed by atoms with van der Waals surface area (Å²) in [4.78, 5) is 49.8. The quantitative estimate of drug-likeness (QED) is 0.400. The van der Waals surface area contributed by atoms with Crippen LogP contribution in [0.1, 0.15) is 52.7 Å². The summed E-state index contributed by atoms with van der Waals surface area (Å²) in [5, 5.41) is 4.97. The third kappa shape index (κ3) is 5.23. The highest BCUT2D eigenvalue weighted by Crippen LogP contribution is 2.30. The Morgan fingerprint density at radius 2 is 1.91 bits per heavy atom. The van der Waals surface area contributed by atoms with Crippen molar-refractivity contribution in [2.75, 3.05) is 0 Å². The largest absolute Gasteiger partial charge is 0.352 e. The zero-order valence-electron chi connectivity index (χ0n) is 17.8. The summed E-state index contributed by atoms with van der Waals surface area (Å²) in [6.07, 6.45) is 2.17. The summed E-state index contributed by atoms with van der Waals surface area (Å²) < 4.78 is 16.3. The first kappa shape index (κ1) is 23.3. The van der Waals surface area contributed by atoms with Gasteiger partial charge in [0, 0.05) is 39.6 Å². The van der Waals surface area contributed by atoms with Gasteiger partial charge in [0.2, 0.25) is 17.7 Å². The second kappa shape index (κ2) is 9.98. The Hall–Kier alpha value is -2.82. The Morgan fingerprint density at radius 1 is 1.15 bits per heavy atom. The summed E-state index contributed by atoms with van der Waals surface area (Å²) >= 11 is 2.24. The molecule has 7 nitrogen and oxygen atoms in total. The predicted molar refractivity (Wildman–Crippen MR) is 126 cm³/mol. The molecule has 0 saturated carbocycles. The number of benzene rings is 2. The number of carbonyl (C=O) groups is 4. The molecular weight excluding hydrogens is 540 g/mol. The molecule has 4 rings (SSSR count). The Labute approximate surface area is 204 Å². The Kier molecular flexibility index (Phi) is 7.06. The minimum absolute atomic E-state index is 0.0219. The summed E-state index contributed by atoms with van der Waals surface area (Å²) in [6.45, 7) is -0.0157. The van der Waals surface area contributed by atoms with Gasteiger partial charge < -0.3 is 10.2 Å². The van der Waals surface area contributed by atoms with Crippen molar-refractivity contribution in [1.82, 2.24) is 15.5 Å². The van der Waals surface area contributed by atoms with Gasteiger partial charge in [0.15, 0.2) is 0 Å². The first-order valence-corrected chi connectivity index (χ1v) is 11.9. The van der Waals surface area contributed by atoms with Crippen molar-refractivity contribution in [3.05, 3.63) is 68.0 Å². The number of hydrogen-bond acceptors (Lipinski definition) is 4. The van der Waals surface area contributed by atoms with E-state index in [0.717, 1.165) is 15.6 Å². The highest BCUT2D eigenvalue weighted by Gasteiger charge is 2.40. The van der Waals surface area contributed by atoms with Gasteiger partial charge in [0.05, 0.1) is 6.54 Å². The van der Waals surface area contributed by atoms with Crippen molar-refractivity contribution in [1.29, 1.82) is 0 Å². The molecule has 4 amide bonds. The second-order valence-corrected chi connectivity index (χ2v) is 9.47. The maximum Gasteiger partial charge on any atom is 0.255 e. The molecule has 2 aromatic carbocycles. The molecule has 1 saturated heterocycles. The first-order valence-electron chi connectivity index (χ1n) is 10.8. The molecule has 2 aliphatic rings. The van der Waals surface area contributed by atoms with Gasteiger partial charge in [-0.05, 0) is 65.6 Å². The summed E-state index contributed by atoms with van der Waals surface area (Å²) in [5.74, 6) is -2.05. The molecule has 0 radical (unpaired) electrons. The highest BCUT2D eigenvalue weighted by molar-refractivity contribution is 14.1. The molecule has 33 heavy (non-hydrogen) atoms. The SMILES string of the molecule is O=C(CCCc1ccc(I)cc1)NCc1ccc2c(c1F)CN(C1CCC(=O)NC1=O)C2=O. The van der Waals surface area contributed by atoms with E-state index in [1.165, 1.54) is 17.0 Å². The Bertz CT molecular complexity index is 1120. The van der Waals surface area contributed by atoms with Crippen LogP contribution in [0.4, 0.5) is 4.39 Å². The molecule has 0 bridgehead atoms. The lowest BCUT2D eigenvalue weighted by atomic mass is 10.0. The van der Waals surface area contributed by atoms with Gasteiger partial charge in [-0.1, -0.05) is 18.2 Å². The smallest absolute Gasteiger partial charge is 0.255 e. The summed E-state index contributed by atoms with van der Waals surface area (Å²) in [5.41, 5.74) is 1.88. The lowest BCUT2D eigenvalue weighted by molar-refractivity contribution is -0.137. The molecule has 2 N–H and O–H groups in total. The predicted octanol–water partition coefficient (Wildman–Crippen LogP) is 2.83. The van der Waals surface area contributed by atoms with E-state index in [9.17, 15) is 19.2 Å². The maximum absolute atomic E-state index is 15.1. The molecule has 1 fully saturated rings. The molecule has 1 atom stereocenters. The van der Waals surface area contributed by atoms with Crippen LogP contribution in [0.3, 0.4) is 0 Å². The molecule has 0 spiro atoms. The molecule has 172 valence electrons. The van der Waals surface area contributed by atoms with Crippen molar-refractivity contribution in [3.63, 3.8) is 0 Å². The van der Waals surface area contributed by atoms with Gasteiger partial charge in [0.25, 0.3) is 5.91 Å². The number of rotatable bonds is 7. The third-order valence-corrected chi connectivity index (χ3v) is 6.71. The van der Waals surface area contributed by atoms with Gasteiger partial charge in [-0.2, -0.15) is 0 Å². The average Bonchev–Trinajstić information content (AvgIpc) is 3.12. The highest BCUT2D eigenvalue weighted by atomic mass is 127. The van der Waals surface area contributed by atoms with Crippen molar-refractivity contribution < 1.29 is 23.6 Å². The van der Waals surface area contributed by atoms with E-state index in [-0.39, 0.29) is 54.4 Å². The van der Waals surface area contributed by atoms with Crippen LogP contribution in [0.15, 0.2) is 36.4 Å². The molecular formula is C24H23FIN3O4. The van der Waals surface area contributed by atoms with Crippen LogP contribution in [-0.4, -0.2) is 34.6 Å². The van der Waals surface area contributed by atoms with Crippen LogP contribution in [-0.2, 0) is 33.9 Å². The van der Waals surface area contributed by atoms with E-state index in [0.29, 0.717) is 12.8 Å². The molecule has 9 heteroatoms. The summed E-state index contributed by atoms with van der Waals surface area (Å²) in [7, 11) is 0. The molecule has 0 aliphatic carbocycles. The topological polar surface area (TPSA) is 95.6 Å². The monoisotopic (exact) mass is 563 g/mol. The lowest BCUT2D eigenvalue weighted by Crippen LogP contribution is -2.52. The van der Waals surface area contributed by atoms with Gasteiger partial charge in [-0.15, -0.1) is 0 Å². The number of fused-ring (bicyclic) bond motifs is 1. The fourth-order valence-corrected chi connectivity index (χ4v) is 4.54. The number of aryl methyl sites for hydroxylation is 1. The number of nitrogens with one attached hydrogen (secondary N) is 2. The van der Waals surface area contributed by atoms with Crippen LogP contribution < -0.4 is 10.6 Å². The normalized spacial score (nSPS) is 17.7. The van der Waals surface area contributed by atoms with Crippen LogP contribution in [0.25, 0.3) is 0 Å². The fourth-order valence-electron chi connectivity index (χ4n) is 4.18. The number of amides is 4. The minimum Gasteiger partial charge on any atom is -0.352 e. The number of hydrogen-bond donors (Lipinski definition) is 2. The van der Waals surface area contributed by atoms with Crippen molar-refractivity contribution >= 4 is 46.2 Å². The Balaban J connectivity index is 1.33. The molecule has 1 unspecified atom stereocenters. The first-order chi connectivity index (χ1) is 15.8. The standard InChI is InChI=1S/C24H23FIN3O4/c25-22-15(12-27-20(30)3-1-2-14-4-7-16(26)8-5-14)6-9-17-18(22)13-29(24(17)33)19-10-11-21(31)28-23(19)32/h4-9,19H,1-3,10-13H2,(H,27,30)(H,28,31,32). The number of imide groups is 1. The van der Waals surface area contributed by atoms with Gasteiger partial charge in [-0.25, -0.2) is 4.39 Å². The number of halogens is 2. The van der Waals surface area contributed by atoms with Crippen LogP contribution in [0, 0.1) is 9.39 Å². The van der Waals surface area contributed by atoms with E-state index >= 15 is 4.39 Å². The van der Waals surface area contributed by atoms with Crippen molar-refractivity contribution in [2.24, 2.45) is 0 Å². The van der Waals surface area contributed by atoms with E-state index in [2.05, 4.69) is 33.2 Å². The van der Waals surface area contributed by atoms with Crippen molar-refractivity contribution in [3.8, 4) is 0 Å². The molecule has 2 aromatic rings. The molecule has 2 aliphatic heterocycles. The number of piperidine rings is 1. The molecule has 0 aromatic heterocycles. The average molecular weight is 563 g/mol. The van der Waals surface area contributed by atoms with Gasteiger partial charge >= 0.3 is 0 Å². The number of nitrogens with zero attached hydrogens (tertiary/aromatic N) is 1. The van der Waals surface area contributed by atoms with Crippen LogP contribution >= 0.6 is 22.6 Å². The zero-order valence-corrected chi connectivity index (χ0v) is 20.0. The minimum atomic E-state index is -0.793. The van der Waals surface area contributed by atoms with E-state index in [1.807, 2.05) is 24.3 Å². The van der Waals surface area contributed by atoms with E-state index in [1.54, 1.807) is 0 Å². The summed E-state index contributed by atoms with van der Waals surface area (Å²) in [6, 6.07) is 10.4. The Morgan fingerprint density at radius 3 is 2.64 bits per heavy atom. The van der Waals surface area contributed by atoms with E-state index in [4.69, 9.17) is 0 Å². The van der Waals surface area contributed by atoms with E-state index < -0.39 is 23.7 Å². The van der Waals surface area contributed by atoms with Crippen molar-refractivity contribution in [2.45, 2.75) is 51.2 Å². The zero-order chi connectivity index (χ0) is 23.5. The maximum atomic E-state index is 15.1.